The van der Waals surface area contributed by atoms with Crippen LogP contribution < -0.4 is 4.74 Å². The van der Waals surface area contributed by atoms with E-state index in [4.69, 9.17) is 40.0 Å². The third-order valence-corrected chi connectivity index (χ3v) is 10.3. The molecule has 6 atom stereocenters. The normalized spacial score (nSPS) is 24.4. The first-order chi connectivity index (χ1) is 25.4. The van der Waals surface area contributed by atoms with Gasteiger partial charge in [-0.3, -0.25) is 0 Å². The van der Waals surface area contributed by atoms with Gasteiger partial charge in [-0.25, -0.2) is 0 Å². The van der Waals surface area contributed by atoms with Gasteiger partial charge in [0.25, 0.3) is 0 Å². The number of ether oxygens (including phenoxy) is 6. The molecule has 0 amide bonds. The highest BCUT2D eigenvalue weighted by atomic mass is 35.5. The Labute approximate surface area is 311 Å². The molecule has 270 valence electrons. The molecule has 2 saturated heterocycles. The van der Waals surface area contributed by atoms with Crippen LogP contribution in [0.4, 0.5) is 0 Å². The molecule has 8 heteroatoms. The van der Waals surface area contributed by atoms with Gasteiger partial charge in [0, 0.05) is 10.6 Å². The SMILES string of the molecule is CCOc1ccc(Cc2cc([C@]34OC[C@](C(C)O)(O3)[C@@H](OCc3ccccc3)[C@H](OCc3ccccc3)[C@H]4OCc3ccccc3)ccc2Cl)cc1. The molecular formula is C44H45ClO7. The Bertz CT molecular complexity index is 1870. The summed E-state index contributed by atoms with van der Waals surface area (Å²) < 4.78 is 40.2. The third-order valence-electron chi connectivity index (χ3n) is 9.92. The van der Waals surface area contributed by atoms with E-state index in [1.54, 1.807) is 6.92 Å². The molecule has 1 N–H and O–H groups in total. The van der Waals surface area contributed by atoms with Crippen molar-refractivity contribution in [2.45, 2.75) is 75.9 Å². The van der Waals surface area contributed by atoms with Crippen molar-refractivity contribution >= 4 is 11.6 Å². The molecule has 0 aromatic heterocycles. The Morgan fingerprint density at radius 3 is 1.83 bits per heavy atom. The van der Waals surface area contributed by atoms with Gasteiger partial charge in [-0.1, -0.05) is 121 Å². The standard InChI is InChI=1S/C44H45ClO7/c1-3-47-38-22-19-32(20-23-38)25-36-26-37(21-24-39(36)45)44-42(50-29-35-17-11-6-12-18-35)40(48-27-33-13-7-4-8-14-33)41(43(52-44,30-51-44)31(2)46)49-28-34-15-9-5-10-16-34/h4-24,26,31,40-42,46H,3,25,27-30H2,1-2H3/t31?,40-,41-,42+,43+,44-/m0/s1. The van der Waals surface area contributed by atoms with E-state index in [-0.39, 0.29) is 26.4 Å². The fourth-order valence-electron chi connectivity index (χ4n) is 7.16. The van der Waals surface area contributed by atoms with E-state index in [9.17, 15) is 5.11 Å². The Kier molecular flexibility index (Phi) is 11.4. The lowest BCUT2D eigenvalue weighted by molar-refractivity contribution is -0.359. The molecular weight excluding hydrogens is 676 g/mol. The van der Waals surface area contributed by atoms with Gasteiger partial charge in [0.05, 0.1) is 39.1 Å². The molecule has 2 fully saturated rings. The van der Waals surface area contributed by atoms with Crippen LogP contribution in [0.3, 0.4) is 0 Å². The van der Waals surface area contributed by atoms with Gasteiger partial charge in [0.15, 0.2) is 0 Å². The number of fused-ring (bicyclic) bond motifs is 2. The van der Waals surface area contributed by atoms with E-state index in [0.717, 1.165) is 33.6 Å². The molecule has 5 aromatic rings. The summed E-state index contributed by atoms with van der Waals surface area (Å²) in [5.41, 5.74) is 4.37. The van der Waals surface area contributed by atoms with Crippen LogP contribution in [0.15, 0.2) is 133 Å². The number of aliphatic hydroxyl groups is 1. The Balaban J connectivity index is 1.30. The van der Waals surface area contributed by atoms with Crippen molar-refractivity contribution in [1.82, 2.24) is 0 Å². The van der Waals surface area contributed by atoms with Crippen LogP contribution in [-0.4, -0.2) is 48.3 Å². The highest BCUT2D eigenvalue weighted by Gasteiger charge is 2.71. The summed E-state index contributed by atoms with van der Waals surface area (Å²) in [6.45, 7) is 5.18. The molecule has 2 heterocycles. The molecule has 7 rings (SSSR count). The van der Waals surface area contributed by atoms with Crippen LogP contribution in [0.2, 0.25) is 5.02 Å². The van der Waals surface area contributed by atoms with Gasteiger partial charge in [-0.2, -0.15) is 0 Å². The van der Waals surface area contributed by atoms with E-state index in [0.29, 0.717) is 23.6 Å². The van der Waals surface area contributed by atoms with Gasteiger partial charge < -0.3 is 33.5 Å². The molecule has 52 heavy (non-hydrogen) atoms. The third kappa shape index (κ3) is 7.68. The first-order valence-electron chi connectivity index (χ1n) is 17.9. The molecule has 1 unspecified atom stereocenters. The van der Waals surface area contributed by atoms with E-state index < -0.39 is 35.8 Å². The number of benzene rings is 5. The predicted octanol–water partition coefficient (Wildman–Crippen LogP) is 8.42. The lowest BCUT2D eigenvalue weighted by atomic mass is 9.80. The Morgan fingerprint density at radius 1 is 0.712 bits per heavy atom. The van der Waals surface area contributed by atoms with Crippen LogP contribution in [0.25, 0.3) is 0 Å². The van der Waals surface area contributed by atoms with Crippen molar-refractivity contribution in [2.75, 3.05) is 13.2 Å². The Morgan fingerprint density at radius 2 is 1.27 bits per heavy atom. The van der Waals surface area contributed by atoms with Crippen LogP contribution in [-0.2, 0) is 55.7 Å². The lowest BCUT2D eigenvalue weighted by Gasteiger charge is -2.52. The fraction of sp³-hybridized carbons (Fsp3) is 0.318. The summed E-state index contributed by atoms with van der Waals surface area (Å²) >= 11 is 6.87. The molecule has 0 aliphatic carbocycles. The molecule has 2 bridgehead atoms. The van der Waals surface area contributed by atoms with Crippen LogP contribution in [0.1, 0.15) is 47.2 Å². The first kappa shape index (κ1) is 36.3. The molecule has 2 aliphatic rings. The second-order valence-electron chi connectivity index (χ2n) is 13.4. The van der Waals surface area contributed by atoms with Crippen LogP contribution in [0, 0.1) is 0 Å². The van der Waals surface area contributed by atoms with Crippen molar-refractivity contribution in [3.8, 4) is 5.75 Å². The zero-order valence-electron chi connectivity index (χ0n) is 29.5. The van der Waals surface area contributed by atoms with Gasteiger partial charge in [0.2, 0.25) is 5.79 Å². The molecule has 0 saturated carbocycles. The maximum Gasteiger partial charge on any atom is 0.225 e. The maximum absolute atomic E-state index is 11.6. The van der Waals surface area contributed by atoms with E-state index in [2.05, 4.69) is 0 Å². The Hall–Kier alpha value is -4.05. The monoisotopic (exact) mass is 720 g/mol. The topological polar surface area (TPSA) is 75.6 Å². The summed E-state index contributed by atoms with van der Waals surface area (Å²) in [5, 5.41) is 12.2. The zero-order valence-corrected chi connectivity index (χ0v) is 30.3. The van der Waals surface area contributed by atoms with Crippen LogP contribution >= 0.6 is 11.6 Å². The fourth-order valence-corrected chi connectivity index (χ4v) is 7.35. The summed E-state index contributed by atoms with van der Waals surface area (Å²) in [6.07, 6.45) is -2.70. The molecule has 0 spiro atoms. The highest BCUT2D eigenvalue weighted by molar-refractivity contribution is 6.31. The summed E-state index contributed by atoms with van der Waals surface area (Å²) in [7, 11) is 0. The second-order valence-corrected chi connectivity index (χ2v) is 13.9. The molecule has 7 nitrogen and oxygen atoms in total. The first-order valence-corrected chi connectivity index (χ1v) is 18.3. The second kappa shape index (κ2) is 16.3. The zero-order chi connectivity index (χ0) is 36.0. The maximum atomic E-state index is 11.6. The van der Waals surface area contributed by atoms with Gasteiger partial charge in [-0.15, -0.1) is 0 Å². The van der Waals surface area contributed by atoms with E-state index in [1.165, 1.54) is 0 Å². The predicted molar refractivity (Wildman–Crippen MR) is 200 cm³/mol. The average Bonchev–Trinajstić information content (AvgIpc) is 3.55. The minimum absolute atomic E-state index is 0.0529. The number of rotatable bonds is 15. The number of hydrogen-bond donors (Lipinski definition) is 1. The minimum Gasteiger partial charge on any atom is -0.494 e. The largest absolute Gasteiger partial charge is 0.494 e. The number of hydrogen-bond acceptors (Lipinski definition) is 7. The van der Waals surface area contributed by atoms with E-state index >= 15 is 0 Å². The quantitative estimate of drug-likeness (QED) is 0.116. The van der Waals surface area contributed by atoms with Gasteiger partial charge in [-0.05, 0) is 72.4 Å². The summed E-state index contributed by atoms with van der Waals surface area (Å²) in [4.78, 5) is 0. The molecule has 5 aromatic carbocycles. The smallest absolute Gasteiger partial charge is 0.225 e. The molecule has 0 radical (unpaired) electrons. The van der Waals surface area contributed by atoms with Crippen molar-refractivity contribution in [3.63, 3.8) is 0 Å². The van der Waals surface area contributed by atoms with Crippen molar-refractivity contribution < 1.29 is 33.5 Å². The number of halogens is 1. The number of aliphatic hydroxyl groups excluding tert-OH is 1. The van der Waals surface area contributed by atoms with Gasteiger partial charge in [0.1, 0.15) is 29.7 Å². The summed E-state index contributed by atoms with van der Waals surface area (Å²) in [6, 6.07) is 43.8. The van der Waals surface area contributed by atoms with Gasteiger partial charge >= 0.3 is 0 Å². The van der Waals surface area contributed by atoms with Crippen LogP contribution in [0.5, 0.6) is 5.75 Å². The average molecular weight is 721 g/mol. The van der Waals surface area contributed by atoms with E-state index in [1.807, 2.05) is 140 Å². The summed E-state index contributed by atoms with van der Waals surface area (Å²) in [5.74, 6) is -0.642. The minimum atomic E-state index is -1.46. The lowest BCUT2D eigenvalue weighted by Crippen LogP contribution is -2.69. The van der Waals surface area contributed by atoms with Crippen molar-refractivity contribution in [1.29, 1.82) is 0 Å². The highest BCUT2D eigenvalue weighted by Crippen LogP contribution is 2.54. The van der Waals surface area contributed by atoms with Crippen molar-refractivity contribution in [3.05, 3.63) is 172 Å². The van der Waals surface area contributed by atoms with Crippen molar-refractivity contribution in [2.24, 2.45) is 0 Å². The molecule has 2 aliphatic heterocycles.